The Morgan fingerprint density at radius 2 is 2.00 bits per heavy atom. The highest BCUT2D eigenvalue weighted by molar-refractivity contribution is 5.97. The molecule has 2 heterocycles. The quantitative estimate of drug-likeness (QED) is 0.674. The van der Waals surface area contributed by atoms with Gasteiger partial charge in [-0.15, -0.1) is 0 Å². The molecule has 0 saturated carbocycles. The first-order valence-corrected chi connectivity index (χ1v) is 4.11. The molecule has 0 fully saturated rings. The van der Waals surface area contributed by atoms with Crippen molar-refractivity contribution in [2.45, 2.75) is 0 Å². The SMILES string of the molecule is NC(=O)c1cnn(-c2ncccn2)c1N. The predicted molar refractivity (Wildman–Crippen MR) is 52.1 cm³/mol. The number of carbonyl (C=O) groups is 1. The van der Waals surface area contributed by atoms with E-state index in [1.165, 1.54) is 10.9 Å². The van der Waals surface area contributed by atoms with Crippen LogP contribution in [0.1, 0.15) is 10.4 Å². The minimum Gasteiger partial charge on any atom is -0.383 e. The molecule has 0 aliphatic carbocycles. The van der Waals surface area contributed by atoms with Gasteiger partial charge in [0.05, 0.1) is 6.20 Å². The summed E-state index contributed by atoms with van der Waals surface area (Å²) >= 11 is 0. The van der Waals surface area contributed by atoms with Gasteiger partial charge in [0.2, 0.25) is 0 Å². The van der Waals surface area contributed by atoms with Crippen molar-refractivity contribution in [2.24, 2.45) is 5.73 Å². The summed E-state index contributed by atoms with van der Waals surface area (Å²) < 4.78 is 1.25. The Bertz CT molecular complexity index is 491. The Hall–Kier alpha value is -2.44. The first-order chi connectivity index (χ1) is 7.20. The largest absolute Gasteiger partial charge is 0.383 e. The van der Waals surface area contributed by atoms with Crippen LogP contribution in [0, 0.1) is 0 Å². The van der Waals surface area contributed by atoms with Crippen LogP contribution in [0.5, 0.6) is 0 Å². The van der Waals surface area contributed by atoms with E-state index < -0.39 is 5.91 Å². The molecule has 0 radical (unpaired) electrons. The lowest BCUT2D eigenvalue weighted by molar-refractivity contribution is 0.100. The van der Waals surface area contributed by atoms with Crippen LogP contribution in [0.4, 0.5) is 5.82 Å². The van der Waals surface area contributed by atoms with Crippen molar-refractivity contribution >= 4 is 11.7 Å². The maximum Gasteiger partial charge on any atom is 0.254 e. The molecule has 2 rings (SSSR count). The summed E-state index contributed by atoms with van der Waals surface area (Å²) in [6, 6.07) is 1.66. The van der Waals surface area contributed by atoms with Crippen molar-refractivity contribution < 1.29 is 4.79 Å². The van der Waals surface area contributed by atoms with Gasteiger partial charge in [-0.3, -0.25) is 4.79 Å². The third-order valence-electron chi connectivity index (χ3n) is 1.81. The van der Waals surface area contributed by atoms with E-state index in [0.29, 0.717) is 5.95 Å². The Morgan fingerprint density at radius 3 is 2.53 bits per heavy atom. The van der Waals surface area contributed by atoms with Gasteiger partial charge in [0.25, 0.3) is 11.9 Å². The van der Waals surface area contributed by atoms with Gasteiger partial charge in [-0.25, -0.2) is 9.97 Å². The van der Waals surface area contributed by atoms with E-state index >= 15 is 0 Å². The van der Waals surface area contributed by atoms with Crippen LogP contribution in [0.25, 0.3) is 5.95 Å². The Balaban J connectivity index is 2.52. The summed E-state index contributed by atoms with van der Waals surface area (Å²) in [6.45, 7) is 0. The Kier molecular flexibility index (Phi) is 2.05. The molecule has 0 aromatic carbocycles. The zero-order chi connectivity index (χ0) is 10.8. The number of hydrogen-bond acceptors (Lipinski definition) is 5. The number of rotatable bonds is 2. The third-order valence-corrected chi connectivity index (χ3v) is 1.81. The highest BCUT2D eigenvalue weighted by Gasteiger charge is 2.14. The number of hydrogen-bond donors (Lipinski definition) is 2. The lowest BCUT2D eigenvalue weighted by Gasteiger charge is -2.00. The molecule has 0 aliphatic rings. The molecule has 7 heteroatoms. The molecule has 0 spiro atoms. The van der Waals surface area contributed by atoms with Crippen molar-refractivity contribution in [1.29, 1.82) is 0 Å². The third kappa shape index (κ3) is 1.50. The van der Waals surface area contributed by atoms with E-state index in [2.05, 4.69) is 15.1 Å². The number of nitrogens with two attached hydrogens (primary N) is 2. The van der Waals surface area contributed by atoms with Gasteiger partial charge in [0, 0.05) is 12.4 Å². The van der Waals surface area contributed by atoms with Gasteiger partial charge in [-0.1, -0.05) is 0 Å². The number of nitrogen functional groups attached to an aromatic ring is 1. The summed E-state index contributed by atoms with van der Waals surface area (Å²) in [6.07, 6.45) is 4.38. The molecule has 0 saturated heterocycles. The second-order valence-electron chi connectivity index (χ2n) is 2.77. The first kappa shape index (κ1) is 9.13. The van der Waals surface area contributed by atoms with Crippen LogP contribution in [0.2, 0.25) is 0 Å². The molecule has 0 unspecified atom stereocenters. The van der Waals surface area contributed by atoms with Crippen molar-refractivity contribution in [3.63, 3.8) is 0 Å². The standard InChI is InChI=1S/C8H8N6O/c9-6-5(7(10)15)4-13-14(6)8-11-2-1-3-12-8/h1-4H,9H2,(H2,10,15). The van der Waals surface area contributed by atoms with E-state index in [1.807, 2.05) is 0 Å². The van der Waals surface area contributed by atoms with Crippen LogP contribution in [-0.2, 0) is 0 Å². The maximum atomic E-state index is 10.9. The Labute approximate surface area is 84.7 Å². The lowest BCUT2D eigenvalue weighted by Crippen LogP contribution is -2.14. The van der Waals surface area contributed by atoms with Gasteiger partial charge >= 0.3 is 0 Å². The summed E-state index contributed by atoms with van der Waals surface area (Å²) in [5, 5.41) is 3.87. The van der Waals surface area contributed by atoms with Crippen molar-refractivity contribution in [2.75, 3.05) is 5.73 Å². The molecule has 4 N–H and O–H groups in total. The van der Waals surface area contributed by atoms with E-state index in [1.54, 1.807) is 18.5 Å². The first-order valence-electron chi connectivity index (χ1n) is 4.11. The van der Waals surface area contributed by atoms with E-state index in [-0.39, 0.29) is 11.4 Å². The van der Waals surface area contributed by atoms with Gasteiger partial charge < -0.3 is 11.5 Å². The second kappa shape index (κ2) is 3.37. The number of anilines is 1. The monoisotopic (exact) mass is 204 g/mol. The topological polar surface area (TPSA) is 113 Å². The normalized spacial score (nSPS) is 10.1. The fraction of sp³-hybridized carbons (Fsp3) is 0. The molecule has 2 aromatic rings. The van der Waals surface area contributed by atoms with Crippen molar-refractivity contribution in [3.8, 4) is 5.95 Å². The molecule has 0 atom stereocenters. The maximum absolute atomic E-state index is 10.9. The lowest BCUT2D eigenvalue weighted by atomic mass is 10.3. The molecule has 0 aliphatic heterocycles. The summed E-state index contributed by atoms with van der Waals surface area (Å²) in [7, 11) is 0. The smallest absolute Gasteiger partial charge is 0.254 e. The summed E-state index contributed by atoms with van der Waals surface area (Å²) in [4.78, 5) is 18.8. The minimum absolute atomic E-state index is 0.133. The van der Waals surface area contributed by atoms with Gasteiger partial charge in [0.1, 0.15) is 11.4 Å². The molecule has 76 valence electrons. The number of aromatic nitrogens is 4. The fourth-order valence-electron chi connectivity index (χ4n) is 1.11. The molecule has 1 amide bonds. The summed E-state index contributed by atoms with van der Waals surface area (Å²) in [5.41, 5.74) is 10.9. The van der Waals surface area contributed by atoms with Crippen LogP contribution in [0.3, 0.4) is 0 Å². The average Bonchev–Trinajstić information content (AvgIpc) is 2.61. The molecule has 2 aromatic heterocycles. The van der Waals surface area contributed by atoms with Crippen molar-refractivity contribution in [3.05, 3.63) is 30.2 Å². The zero-order valence-corrected chi connectivity index (χ0v) is 7.66. The molecule has 7 nitrogen and oxygen atoms in total. The zero-order valence-electron chi connectivity index (χ0n) is 7.66. The number of carbonyl (C=O) groups excluding carboxylic acids is 1. The van der Waals surface area contributed by atoms with Crippen LogP contribution in [0.15, 0.2) is 24.7 Å². The van der Waals surface area contributed by atoms with Gasteiger partial charge in [-0.05, 0) is 6.07 Å². The fourth-order valence-corrected chi connectivity index (χ4v) is 1.11. The number of nitrogens with zero attached hydrogens (tertiary/aromatic N) is 4. The molecule has 0 bridgehead atoms. The van der Waals surface area contributed by atoms with Crippen LogP contribution >= 0.6 is 0 Å². The van der Waals surface area contributed by atoms with Crippen molar-refractivity contribution in [1.82, 2.24) is 19.7 Å². The van der Waals surface area contributed by atoms with Crippen LogP contribution < -0.4 is 11.5 Å². The molecular weight excluding hydrogens is 196 g/mol. The van der Waals surface area contributed by atoms with E-state index in [0.717, 1.165) is 0 Å². The molecule has 15 heavy (non-hydrogen) atoms. The van der Waals surface area contributed by atoms with Crippen LogP contribution in [-0.4, -0.2) is 25.7 Å². The van der Waals surface area contributed by atoms with Gasteiger partial charge in [0.15, 0.2) is 0 Å². The molecular formula is C8H8N6O. The number of primary amides is 1. The summed E-state index contributed by atoms with van der Waals surface area (Å²) in [5.74, 6) is -0.203. The van der Waals surface area contributed by atoms with E-state index in [9.17, 15) is 4.79 Å². The van der Waals surface area contributed by atoms with Gasteiger partial charge in [-0.2, -0.15) is 9.78 Å². The highest BCUT2D eigenvalue weighted by Crippen LogP contribution is 2.12. The second-order valence-corrected chi connectivity index (χ2v) is 2.77. The predicted octanol–water partition coefficient (Wildman–Crippen LogP) is -0.657. The Morgan fingerprint density at radius 1 is 1.33 bits per heavy atom. The highest BCUT2D eigenvalue weighted by atomic mass is 16.1. The van der Waals surface area contributed by atoms with E-state index in [4.69, 9.17) is 11.5 Å². The number of amides is 1. The average molecular weight is 204 g/mol. The minimum atomic E-state index is -0.630.